The van der Waals surface area contributed by atoms with Gasteiger partial charge in [-0.1, -0.05) is 11.6 Å². The van der Waals surface area contributed by atoms with E-state index in [2.05, 4.69) is 0 Å². The van der Waals surface area contributed by atoms with Gasteiger partial charge < -0.3 is 19.7 Å². The average molecular weight is 247 g/mol. The van der Waals surface area contributed by atoms with Crippen molar-refractivity contribution in [3.05, 3.63) is 16.7 Å². The molecule has 0 amide bonds. The zero-order valence-electron chi connectivity index (χ0n) is 9.67. The highest BCUT2D eigenvalue weighted by Crippen LogP contribution is 2.46. The van der Waals surface area contributed by atoms with Gasteiger partial charge in [0, 0.05) is 6.07 Å². The van der Waals surface area contributed by atoms with Crippen molar-refractivity contribution >= 4 is 11.6 Å². The van der Waals surface area contributed by atoms with Crippen LogP contribution in [-0.2, 0) is 5.60 Å². The topological polar surface area (TPSA) is 58.9 Å². The molecular weight excluding hydrogens is 232 g/mol. The van der Waals surface area contributed by atoms with Gasteiger partial charge in [-0.05, 0) is 13.8 Å². The highest BCUT2D eigenvalue weighted by atomic mass is 35.5. The van der Waals surface area contributed by atoms with Gasteiger partial charge in [-0.3, -0.25) is 0 Å². The molecule has 2 N–H and O–H groups in total. The number of ether oxygens (including phenoxy) is 2. The minimum atomic E-state index is -1.28. The Morgan fingerprint density at radius 2 is 1.81 bits per heavy atom. The lowest BCUT2D eigenvalue weighted by Gasteiger charge is -2.24. The molecule has 0 aliphatic heterocycles. The number of phenolic OH excluding ortho intramolecular Hbond substituents is 1. The number of aromatic hydroxyl groups is 1. The van der Waals surface area contributed by atoms with E-state index in [1.165, 1.54) is 34.1 Å². The van der Waals surface area contributed by atoms with E-state index in [0.29, 0.717) is 5.75 Å². The molecule has 1 aromatic rings. The Kier molecular flexibility index (Phi) is 3.55. The molecule has 5 heteroatoms. The first-order valence-corrected chi connectivity index (χ1v) is 5.07. The van der Waals surface area contributed by atoms with Gasteiger partial charge in [0.2, 0.25) is 0 Å². The van der Waals surface area contributed by atoms with Crippen LogP contribution in [0, 0.1) is 0 Å². The molecule has 0 fully saturated rings. The fourth-order valence-electron chi connectivity index (χ4n) is 1.52. The minimum Gasteiger partial charge on any atom is -0.506 e. The molecule has 0 radical (unpaired) electrons. The summed E-state index contributed by atoms with van der Waals surface area (Å²) in [6.07, 6.45) is 0. The van der Waals surface area contributed by atoms with Gasteiger partial charge in [0.25, 0.3) is 0 Å². The molecule has 0 bridgehead atoms. The highest BCUT2D eigenvalue weighted by molar-refractivity contribution is 6.32. The lowest BCUT2D eigenvalue weighted by atomic mass is 9.95. The van der Waals surface area contributed by atoms with Gasteiger partial charge in [0.1, 0.15) is 5.75 Å². The Morgan fingerprint density at radius 1 is 1.25 bits per heavy atom. The van der Waals surface area contributed by atoms with E-state index in [4.69, 9.17) is 21.1 Å². The maximum absolute atomic E-state index is 9.97. The van der Waals surface area contributed by atoms with Gasteiger partial charge >= 0.3 is 0 Å². The van der Waals surface area contributed by atoms with Crippen molar-refractivity contribution in [3.8, 4) is 17.2 Å². The van der Waals surface area contributed by atoms with Gasteiger partial charge in [-0.15, -0.1) is 0 Å². The van der Waals surface area contributed by atoms with Crippen LogP contribution in [0.3, 0.4) is 0 Å². The average Bonchev–Trinajstić information content (AvgIpc) is 2.19. The van der Waals surface area contributed by atoms with Crippen LogP contribution < -0.4 is 9.47 Å². The monoisotopic (exact) mass is 246 g/mol. The molecule has 1 rings (SSSR count). The molecule has 0 atom stereocenters. The Balaban J connectivity index is 3.60. The van der Waals surface area contributed by atoms with Crippen LogP contribution in [0.15, 0.2) is 6.07 Å². The van der Waals surface area contributed by atoms with E-state index in [9.17, 15) is 10.2 Å². The maximum atomic E-state index is 9.97. The second-order valence-electron chi connectivity index (χ2n) is 3.88. The highest BCUT2D eigenvalue weighted by Gasteiger charge is 2.29. The minimum absolute atomic E-state index is 0.106. The first-order chi connectivity index (χ1) is 7.32. The first-order valence-electron chi connectivity index (χ1n) is 4.69. The number of aliphatic hydroxyl groups is 1. The van der Waals surface area contributed by atoms with Gasteiger partial charge in [-0.25, -0.2) is 0 Å². The van der Waals surface area contributed by atoms with E-state index in [1.54, 1.807) is 0 Å². The van der Waals surface area contributed by atoms with E-state index < -0.39 is 5.60 Å². The van der Waals surface area contributed by atoms with Crippen molar-refractivity contribution in [2.24, 2.45) is 0 Å². The van der Waals surface area contributed by atoms with E-state index >= 15 is 0 Å². The van der Waals surface area contributed by atoms with Crippen LogP contribution in [0.1, 0.15) is 19.4 Å². The fraction of sp³-hybridized carbons (Fsp3) is 0.455. The smallest absolute Gasteiger partial charge is 0.170 e. The summed E-state index contributed by atoms with van der Waals surface area (Å²) < 4.78 is 10.2. The predicted molar refractivity (Wildman–Crippen MR) is 61.5 cm³/mol. The number of hydrogen-bond donors (Lipinski definition) is 2. The van der Waals surface area contributed by atoms with E-state index in [1.807, 2.05) is 0 Å². The number of rotatable bonds is 3. The Hall–Kier alpha value is -1.13. The molecular formula is C11H15ClO4. The molecule has 16 heavy (non-hydrogen) atoms. The third-order valence-corrected chi connectivity index (χ3v) is 2.50. The summed E-state index contributed by atoms with van der Waals surface area (Å²) in [6.45, 7) is 3.06. The van der Waals surface area contributed by atoms with Crippen LogP contribution >= 0.6 is 11.6 Å². The van der Waals surface area contributed by atoms with E-state index in [0.717, 1.165) is 0 Å². The summed E-state index contributed by atoms with van der Waals surface area (Å²) in [5.41, 5.74) is -1.08. The quantitative estimate of drug-likeness (QED) is 0.859. The molecule has 0 saturated heterocycles. The second kappa shape index (κ2) is 4.39. The summed E-state index contributed by atoms with van der Waals surface area (Å²) in [5, 5.41) is 19.9. The number of benzene rings is 1. The Morgan fingerprint density at radius 3 is 2.19 bits per heavy atom. The Bertz CT molecular complexity index is 396. The second-order valence-corrected chi connectivity index (χ2v) is 4.28. The van der Waals surface area contributed by atoms with Crippen LogP contribution in [0.5, 0.6) is 17.2 Å². The van der Waals surface area contributed by atoms with E-state index in [-0.39, 0.29) is 22.1 Å². The Labute approximate surface area is 99.4 Å². The molecule has 4 nitrogen and oxygen atoms in total. The summed E-state index contributed by atoms with van der Waals surface area (Å²) in [5.74, 6) is 0.436. The maximum Gasteiger partial charge on any atom is 0.170 e. The molecule has 0 saturated carbocycles. The molecule has 90 valence electrons. The summed E-state index contributed by atoms with van der Waals surface area (Å²) in [6, 6.07) is 1.44. The summed E-state index contributed by atoms with van der Waals surface area (Å²) in [7, 11) is 2.89. The van der Waals surface area contributed by atoms with Crippen LogP contribution in [0.2, 0.25) is 5.02 Å². The molecule has 1 aromatic carbocycles. The van der Waals surface area contributed by atoms with Gasteiger partial charge in [-0.2, -0.15) is 0 Å². The number of hydrogen-bond acceptors (Lipinski definition) is 4. The first kappa shape index (κ1) is 12.9. The molecule has 0 aromatic heterocycles. The predicted octanol–water partition coefficient (Wildman–Crippen LogP) is 2.29. The standard InChI is InChI=1S/C11H15ClO4/c1-11(2,14)8-9(13)6(12)5-7(15-3)10(8)16-4/h5,13-14H,1-4H3. The van der Waals surface area contributed by atoms with Crippen LogP contribution in [0.25, 0.3) is 0 Å². The van der Waals surface area contributed by atoms with Gasteiger partial charge in [0.15, 0.2) is 11.5 Å². The van der Waals surface area contributed by atoms with Crippen molar-refractivity contribution in [3.63, 3.8) is 0 Å². The van der Waals surface area contributed by atoms with Crippen molar-refractivity contribution < 1.29 is 19.7 Å². The normalized spacial score (nSPS) is 11.4. The largest absolute Gasteiger partial charge is 0.506 e. The fourth-order valence-corrected chi connectivity index (χ4v) is 1.71. The number of phenols is 1. The van der Waals surface area contributed by atoms with Crippen molar-refractivity contribution in [2.45, 2.75) is 19.4 Å². The lowest BCUT2D eigenvalue weighted by molar-refractivity contribution is 0.0722. The van der Waals surface area contributed by atoms with Crippen molar-refractivity contribution in [1.82, 2.24) is 0 Å². The zero-order valence-corrected chi connectivity index (χ0v) is 10.4. The van der Waals surface area contributed by atoms with Crippen molar-refractivity contribution in [1.29, 1.82) is 0 Å². The molecule has 0 aliphatic rings. The summed E-state index contributed by atoms with van der Waals surface area (Å²) >= 11 is 5.84. The molecule has 0 heterocycles. The van der Waals surface area contributed by atoms with Crippen LogP contribution in [-0.4, -0.2) is 24.4 Å². The molecule has 0 spiro atoms. The lowest BCUT2D eigenvalue weighted by Crippen LogP contribution is -2.17. The van der Waals surface area contributed by atoms with Crippen LogP contribution in [0.4, 0.5) is 0 Å². The number of halogens is 1. The molecule has 0 unspecified atom stereocenters. The SMILES string of the molecule is COc1cc(Cl)c(O)c(C(C)(C)O)c1OC. The number of methoxy groups -OCH3 is 2. The summed E-state index contributed by atoms with van der Waals surface area (Å²) in [4.78, 5) is 0. The molecule has 0 aliphatic carbocycles. The van der Waals surface area contributed by atoms with Crippen molar-refractivity contribution in [2.75, 3.05) is 14.2 Å². The third kappa shape index (κ3) is 2.18. The third-order valence-electron chi connectivity index (χ3n) is 2.21. The van der Waals surface area contributed by atoms with Gasteiger partial charge in [0.05, 0.1) is 30.4 Å². The zero-order chi connectivity index (χ0) is 12.5.